The summed E-state index contributed by atoms with van der Waals surface area (Å²) in [6, 6.07) is 1.49. The largest absolute Gasteiger partial charge is 0.481 e. The number of methoxy groups -OCH3 is 2. The normalized spacial score (nSPS) is 21.4. The molecule has 2 atom stereocenters. The fourth-order valence-electron chi connectivity index (χ4n) is 2.76. The van der Waals surface area contributed by atoms with Crippen LogP contribution >= 0.6 is 23.2 Å². The van der Waals surface area contributed by atoms with Gasteiger partial charge in [-0.2, -0.15) is 9.97 Å². The molecule has 0 spiro atoms. The summed E-state index contributed by atoms with van der Waals surface area (Å²) in [5.74, 6) is -0.639. The van der Waals surface area contributed by atoms with Crippen molar-refractivity contribution in [2.75, 3.05) is 27.3 Å². The SMILES string of the molecule is CCN(CC)C(=O)C1C=C(Cl)C=CC1(Cl)C(=N)c1nc(OC)cc(OC)n1. The average Bonchev–Trinajstić information content (AvgIpc) is 2.69. The Kier molecular flexibility index (Phi) is 6.84. The Morgan fingerprint density at radius 1 is 1.26 bits per heavy atom. The van der Waals surface area contributed by atoms with E-state index in [1.807, 2.05) is 13.8 Å². The molecule has 1 aromatic rings. The molecule has 2 rings (SSSR count). The summed E-state index contributed by atoms with van der Waals surface area (Å²) in [6.45, 7) is 4.79. The molecular formula is C18H22Cl2N4O3. The summed E-state index contributed by atoms with van der Waals surface area (Å²) in [4.78, 5) is 21.5. The first-order chi connectivity index (χ1) is 12.8. The molecule has 146 valence electrons. The maximum atomic E-state index is 13.0. The van der Waals surface area contributed by atoms with Gasteiger partial charge in [0.1, 0.15) is 10.6 Å². The number of hydrogen-bond acceptors (Lipinski definition) is 6. The van der Waals surface area contributed by atoms with Crippen LogP contribution in [0.3, 0.4) is 0 Å². The van der Waals surface area contributed by atoms with E-state index in [4.69, 9.17) is 38.1 Å². The Labute approximate surface area is 168 Å². The molecule has 0 aliphatic heterocycles. The number of amides is 1. The third kappa shape index (κ3) is 4.25. The van der Waals surface area contributed by atoms with Gasteiger partial charge in [-0.15, -0.1) is 11.6 Å². The van der Waals surface area contributed by atoms with Crippen LogP contribution in [-0.4, -0.2) is 58.7 Å². The fourth-order valence-corrected chi connectivity index (χ4v) is 3.25. The van der Waals surface area contributed by atoms with Gasteiger partial charge < -0.3 is 14.4 Å². The number of aromatic nitrogens is 2. The molecule has 9 heteroatoms. The van der Waals surface area contributed by atoms with Gasteiger partial charge in [-0.1, -0.05) is 23.8 Å². The molecule has 0 bridgehead atoms. The predicted molar refractivity (Wildman–Crippen MR) is 105 cm³/mol. The van der Waals surface area contributed by atoms with Gasteiger partial charge >= 0.3 is 0 Å². The third-order valence-electron chi connectivity index (χ3n) is 4.31. The number of carbonyl (C=O) groups excluding carboxylic acids is 1. The Morgan fingerprint density at radius 3 is 2.30 bits per heavy atom. The average molecular weight is 413 g/mol. The number of hydrogen-bond donors (Lipinski definition) is 1. The highest BCUT2D eigenvalue weighted by molar-refractivity contribution is 6.42. The minimum Gasteiger partial charge on any atom is -0.481 e. The second-order valence-electron chi connectivity index (χ2n) is 5.79. The Balaban J connectivity index is 2.51. The Morgan fingerprint density at radius 2 is 1.81 bits per heavy atom. The van der Waals surface area contributed by atoms with E-state index in [2.05, 4.69) is 9.97 Å². The van der Waals surface area contributed by atoms with Gasteiger partial charge in [0, 0.05) is 18.1 Å². The van der Waals surface area contributed by atoms with Crippen molar-refractivity contribution in [2.24, 2.45) is 5.92 Å². The highest BCUT2D eigenvalue weighted by Gasteiger charge is 2.46. The summed E-state index contributed by atoms with van der Waals surface area (Å²) in [5, 5.41) is 9.03. The van der Waals surface area contributed by atoms with Crippen molar-refractivity contribution in [3.05, 3.63) is 35.2 Å². The first-order valence-electron chi connectivity index (χ1n) is 8.41. The zero-order chi connectivity index (χ0) is 20.2. The number of nitrogens with one attached hydrogen (secondary N) is 1. The zero-order valence-corrected chi connectivity index (χ0v) is 17.1. The highest BCUT2D eigenvalue weighted by atomic mass is 35.5. The molecule has 1 N–H and O–H groups in total. The number of ether oxygens (including phenoxy) is 2. The van der Waals surface area contributed by atoms with Crippen LogP contribution in [0.5, 0.6) is 11.8 Å². The van der Waals surface area contributed by atoms with Crippen molar-refractivity contribution in [3.63, 3.8) is 0 Å². The van der Waals surface area contributed by atoms with Crippen LogP contribution in [0.25, 0.3) is 0 Å². The molecule has 1 heterocycles. The topological polar surface area (TPSA) is 88.4 Å². The van der Waals surface area contributed by atoms with Gasteiger partial charge in [-0.3, -0.25) is 10.2 Å². The first kappa shape index (κ1) is 21.2. The lowest BCUT2D eigenvalue weighted by atomic mass is 9.82. The molecule has 7 nitrogen and oxygen atoms in total. The summed E-state index contributed by atoms with van der Waals surface area (Å²) in [7, 11) is 2.89. The van der Waals surface area contributed by atoms with E-state index in [-0.39, 0.29) is 29.2 Å². The van der Waals surface area contributed by atoms with Gasteiger partial charge in [0.15, 0.2) is 5.82 Å². The molecule has 0 radical (unpaired) electrons. The van der Waals surface area contributed by atoms with E-state index in [1.54, 1.807) is 17.1 Å². The predicted octanol–water partition coefficient (Wildman–Crippen LogP) is 3.02. The van der Waals surface area contributed by atoms with Crippen molar-refractivity contribution in [3.8, 4) is 11.8 Å². The quantitative estimate of drug-likeness (QED) is 0.549. The maximum absolute atomic E-state index is 13.0. The van der Waals surface area contributed by atoms with Crippen LogP contribution in [-0.2, 0) is 4.79 Å². The Hall–Kier alpha value is -2.12. The Bertz CT molecular complexity index is 771. The van der Waals surface area contributed by atoms with Gasteiger partial charge in [0.25, 0.3) is 0 Å². The lowest BCUT2D eigenvalue weighted by Gasteiger charge is -2.35. The molecule has 1 aliphatic rings. The zero-order valence-electron chi connectivity index (χ0n) is 15.6. The van der Waals surface area contributed by atoms with Crippen molar-refractivity contribution < 1.29 is 14.3 Å². The minimum absolute atomic E-state index is 0.00891. The molecule has 1 aliphatic carbocycles. The molecule has 0 fully saturated rings. The number of carbonyl (C=O) groups is 1. The van der Waals surface area contributed by atoms with Crippen molar-refractivity contribution >= 4 is 34.8 Å². The van der Waals surface area contributed by atoms with Crippen LogP contribution in [0, 0.1) is 11.3 Å². The van der Waals surface area contributed by atoms with Crippen LogP contribution in [0.2, 0.25) is 0 Å². The van der Waals surface area contributed by atoms with E-state index in [0.29, 0.717) is 18.1 Å². The van der Waals surface area contributed by atoms with Crippen LogP contribution in [0.1, 0.15) is 19.7 Å². The van der Waals surface area contributed by atoms with E-state index < -0.39 is 10.8 Å². The van der Waals surface area contributed by atoms with E-state index >= 15 is 0 Å². The van der Waals surface area contributed by atoms with Crippen molar-refractivity contribution in [1.82, 2.24) is 14.9 Å². The highest BCUT2D eigenvalue weighted by Crippen LogP contribution is 2.38. The van der Waals surface area contributed by atoms with Crippen molar-refractivity contribution in [2.45, 2.75) is 18.7 Å². The number of allylic oxidation sites excluding steroid dienone is 3. The molecular weight excluding hydrogens is 391 g/mol. The summed E-state index contributed by atoms with van der Waals surface area (Å²) >= 11 is 12.9. The van der Waals surface area contributed by atoms with E-state index in [0.717, 1.165) is 0 Å². The lowest BCUT2D eigenvalue weighted by Crippen LogP contribution is -2.49. The molecule has 1 amide bonds. The van der Waals surface area contributed by atoms with Crippen LogP contribution < -0.4 is 9.47 Å². The second-order valence-corrected chi connectivity index (χ2v) is 6.85. The smallest absolute Gasteiger partial charge is 0.232 e. The lowest BCUT2D eigenvalue weighted by molar-refractivity contribution is -0.133. The van der Waals surface area contributed by atoms with E-state index in [9.17, 15) is 4.79 Å². The van der Waals surface area contributed by atoms with Crippen LogP contribution in [0.4, 0.5) is 0 Å². The number of nitrogens with zero attached hydrogens (tertiary/aromatic N) is 3. The standard InChI is InChI=1S/C18H22Cl2N4O3/c1-5-24(6-2)17(25)12-9-11(19)7-8-18(12,20)15(21)16-22-13(26-3)10-14(23-16)27-4/h7-10,12,21H,5-6H2,1-4H3. The summed E-state index contributed by atoms with van der Waals surface area (Å²) in [6.07, 6.45) is 4.65. The molecule has 27 heavy (non-hydrogen) atoms. The summed E-state index contributed by atoms with van der Waals surface area (Å²) in [5.41, 5.74) is -0.150. The van der Waals surface area contributed by atoms with E-state index in [1.165, 1.54) is 26.4 Å². The number of alkyl halides is 1. The third-order valence-corrected chi connectivity index (χ3v) is 5.11. The van der Waals surface area contributed by atoms with Gasteiger partial charge in [-0.25, -0.2) is 0 Å². The fraction of sp³-hybridized carbons (Fsp3) is 0.444. The summed E-state index contributed by atoms with van der Waals surface area (Å²) < 4.78 is 10.3. The number of halogens is 2. The molecule has 1 aromatic heterocycles. The molecule has 0 saturated carbocycles. The maximum Gasteiger partial charge on any atom is 0.232 e. The molecule has 0 aromatic carbocycles. The first-order valence-corrected chi connectivity index (χ1v) is 9.16. The molecule has 2 unspecified atom stereocenters. The monoisotopic (exact) mass is 412 g/mol. The molecule has 0 saturated heterocycles. The second kappa shape index (κ2) is 8.71. The van der Waals surface area contributed by atoms with Gasteiger partial charge in [-0.05, 0) is 19.9 Å². The van der Waals surface area contributed by atoms with Crippen LogP contribution in [0.15, 0.2) is 29.3 Å². The van der Waals surface area contributed by atoms with Gasteiger partial charge in [0.2, 0.25) is 17.7 Å². The van der Waals surface area contributed by atoms with Gasteiger partial charge in [0.05, 0.1) is 26.2 Å². The number of rotatable bonds is 7. The van der Waals surface area contributed by atoms with Crippen molar-refractivity contribution in [1.29, 1.82) is 5.41 Å². The minimum atomic E-state index is -1.49.